The summed E-state index contributed by atoms with van der Waals surface area (Å²) in [5.41, 5.74) is 0. The highest BCUT2D eigenvalue weighted by molar-refractivity contribution is 4.87. The quantitative estimate of drug-likeness (QED) is 0.705. The Labute approximate surface area is 87.8 Å². The first-order valence-electron chi connectivity index (χ1n) is 6.37. The zero-order valence-electron chi connectivity index (χ0n) is 9.39. The molecule has 1 saturated carbocycles. The maximum atomic E-state index is 3.73. The second-order valence-electron chi connectivity index (χ2n) is 4.93. The molecule has 2 heteroatoms. The van der Waals surface area contributed by atoms with Gasteiger partial charge in [0.2, 0.25) is 0 Å². The maximum absolute atomic E-state index is 3.73. The monoisotopic (exact) mass is 196 g/mol. The van der Waals surface area contributed by atoms with Crippen LogP contribution in [0, 0.1) is 5.92 Å². The first-order valence-corrected chi connectivity index (χ1v) is 6.37. The molecule has 0 spiro atoms. The summed E-state index contributed by atoms with van der Waals surface area (Å²) < 4.78 is 0. The Morgan fingerprint density at radius 1 is 1.00 bits per heavy atom. The summed E-state index contributed by atoms with van der Waals surface area (Å²) in [4.78, 5) is 0. The van der Waals surface area contributed by atoms with Gasteiger partial charge in [0.1, 0.15) is 0 Å². The molecule has 14 heavy (non-hydrogen) atoms. The topological polar surface area (TPSA) is 24.1 Å². The molecule has 2 atom stereocenters. The Morgan fingerprint density at radius 2 is 1.79 bits per heavy atom. The van der Waals surface area contributed by atoms with Crippen molar-refractivity contribution in [3.8, 4) is 0 Å². The molecule has 1 saturated heterocycles. The molecule has 0 aromatic carbocycles. The number of nitrogens with one attached hydrogen (secondary N) is 2. The molecule has 2 unspecified atom stereocenters. The van der Waals surface area contributed by atoms with Crippen molar-refractivity contribution in [3.05, 3.63) is 0 Å². The molecular weight excluding hydrogens is 172 g/mol. The van der Waals surface area contributed by atoms with Crippen molar-refractivity contribution in [3.63, 3.8) is 0 Å². The van der Waals surface area contributed by atoms with Gasteiger partial charge in [-0.3, -0.25) is 0 Å². The average Bonchev–Trinajstić information content (AvgIpc) is 2.30. The highest BCUT2D eigenvalue weighted by Crippen LogP contribution is 2.26. The van der Waals surface area contributed by atoms with Crippen LogP contribution in [-0.4, -0.2) is 25.2 Å². The summed E-state index contributed by atoms with van der Waals surface area (Å²) in [5.74, 6) is 0.953. The third-order valence-corrected chi connectivity index (χ3v) is 3.96. The molecule has 2 N–H and O–H groups in total. The van der Waals surface area contributed by atoms with E-state index in [1.807, 2.05) is 0 Å². The van der Waals surface area contributed by atoms with Gasteiger partial charge in [0.05, 0.1) is 0 Å². The van der Waals surface area contributed by atoms with E-state index in [0.29, 0.717) is 0 Å². The lowest BCUT2D eigenvalue weighted by molar-refractivity contribution is 0.222. The summed E-state index contributed by atoms with van der Waals surface area (Å²) in [5, 5.41) is 7.38. The minimum atomic E-state index is 0.717. The summed E-state index contributed by atoms with van der Waals surface area (Å²) in [6.07, 6.45) is 8.55. The number of rotatable bonds is 2. The minimum absolute atomic E-state index is 0.717. The molecule has 2 rings (SSSR count). The van der Waals surface area contributed by atoms with Gasteiger partial charge in [-0.1, -0.05) is 26.2 Å². The molecular formula is C12H24N2. The van der Waals surface area contributed by atoms with Gasteiger partial charge in [-0.25, -0.2) is 0 Å². The van der Waals surface area contributed by atoms with Crippen LogP contribution in [0.5, 0.6) is 0 Å². The molecule has 1 heterocycles. The van der Waals surface area contributed by atoms with Crippen molar-refractivity contribution in [2.24, 2.45) is 5.92 Å². The third kappa shape index (κ3) is 2.48. The van der Waals surface area contributed by atoms with E-state index in [1.165, 1.54) is 51.6 Å². The lowest BCUT2D eigenvalue weighted by Gasteiger charge is -2.37. The molecule has 2 nitrogen and oxygen atoms in total. The third-order valence-electron chi connectivity index (χ3n) is 3.96. The van der Waals surface area contributed by atoms with Crippen LogP contribution >= 0.6 is 0 Å². The number of hydrogen-bond donors (Lipinski definition) is 2. The Bertz CT molecular complexity index is 156. The number of piperazine rings is 1. The van der Waals surface area contributed by atoms with E-state index in [2.05, 4.69) is 17.6 Å². The second kappa shape index (κ2) is 5.13. The molecule has 1 aliphatic carbocycles. The molecule has 0 amide bonds. The number of hydrogen-bond acceptors (Lipinski definition) is 2. The molecule has 0 bridgehead atoms. The lowest BCUT2D eigenvalue weighted by atomic mass is 9.83. The Morgan fingerprint density at radius 3 is 2.36 bits per heavy atom. The summed E-state index contributed by atoms with van der Waals surface area (Å²) >= 11 is 0. The van der Waals surface area contributed by atoms with E-state index in [-0.39, 0.29) is 0 Å². The minimum Gasteiger partial charge on any atom is -0.311 e. The highest BCUT2D eigenvalue weighted by Gasteiger charge is 2.26. The van der Waals surface area contributed by atoms with Crippen LogP contribution in [0.25, 0.3) is 0 Å². The predicted octanol–water partition coefficient (Wildman–Crippen LogP) is 1.91. The van der Waals surface area contributed by atoms with Crippen LogP contribution in [0.3, 0.4) is 0 Å². The largest absolute Gasteiger partial charge is 0.311 e. The smallest absolute Gasteiger partial charge is 0.0221 e. The SMILES string of the molecule is CCC1CNC(C2CCCCC2)CN1. The van der Waals surface area contributed by atoms with Crippen molar-refractivity contribution in [1.82, 2.24) is 10.6 Å². The van der Waals surface area contributed by atoms with Gasteiger partial charge in [-0.15, -0.1) is 0 Å². The van der Waals surface area contributed by atoms with Crippen LogP contribution in [0.4, 0.5) is 0 Å². The zero-order chi connectivity index (χ0) is 9.80. The molecule has 82 valence electrons. The van der Waals surface area contributed by atoms with Gasteiger partial charge in [0.15, 0.2) is 0 Å². The van der Waals surface area contributed by atoms with E-state index in [4.69, 9.17) is 0 Å². The van der Waals surface area contributed by atoms with Gasteiger partial charge >= 0.3 is 0 Å². The first-order chi connectivity index (χ1) is 6.90. The predicted molar refractivity (Wildman–Crippen MR) is 60.4 cm³/mol. The van der Waals surface area contributed by atoms with E-state index >= 15 is 0 Å². The fraction of sp³-hybridized carbons (Fsp3) is 1.00. The molecule has 0 radical (unpaired) electrons. The van der Waals surface area contributed by atoms with E-state index in [1.54, 1.807) is 0 Å². The van der Waals surface area contributed by atoms with Gasteiger partial charge in [-0.2, -0.15) is 0 Å². The van der Waals surface area contributed by atoms with Crippen molar-refractivity contribution in [1.29, 1.82) is 0 Å². The van der Waals surface area contributed by atoms with E-state index in [9.17, 15) is 0 Å². The first kappa shape index (κ1) is 10.4. The molecule has 2 fully saturated rings. The second-order valence-corrected chi connectivity index (χ2v) is 4.93. The van der Waals surface area contributed by atoms with Gasteiger partial charge in [-0.05, 0) is 25.2 Å². The average molecular weight is 196 g/mol. The van der Waals surface area contributed by atoms with Gasteiger partial charge < -0.3 is 10.6 Å². The summed E-state index contributed by atoms with van der Waals surface area (Å²) in [7, 11) is 0. The molecule has 0 aromatic rings. The maximum Gasteiger partial charge on any atom is 0.0221 e. The molecule has 2 aliphatic rings. The van der Waals surface area contributed by atoms with Crippen LogP contribution in [0.2, 0.25) is 0 Å². The lowest BCUT2D eigenvalue weighted by Crippen LogP contribution is -2.56. The van der Waals surface area contributed by atoms with Crippen LogP contribution in [0.15, 0.2) is 0 Å². The van der Waals surface area contributed by atoms with E-state index in [0.717, 1.165) is 18.0 Å². The van der Waals surface area contributed by atoms with Gasteiger partial charge in [0, 0.05) is 25.2 Å². The van der Waals surface area contributed by atoms with Crippen LogP contribution < -0.4 is 10.6 Å². The molecule has 1 aliphatic heterocycles. The van der Waals surface area contributed by atoms with Crippen LogP contribution in [0.1, 0.15) is 45.4 Å². The summed E-state index contributed by atoms with van der Waals surface area (Å²) in [6, 6.07) is 1.48. The van der Waals surface area contributed by atoms with Crippen molar-refractivity contribution in [2.75, 3.05) is 13.1 Å². The Hall–Kier alpha value is -0.0800. The van der Waals surface area contributed by atoms with Crippen molar-refractivity contribution in [2.45, 2.75) is 57.5 Å². The summed E-state index contributed by atoms with van der Waals surface area (Å²) in [6.45, 7) is 4.64. The fourth-order valence-electron chi connectivity index (χ4n) is 2.89. The zero-order valence-corrected chi connectivity index (χ0v) is 9.39. The normalized spacial score (nSPS) is 35.8. The van der Waals surface area contributed by atoms with Crippen molar-refractivity contribution < 1.29 is 0 Å². The highest BCUT2D eigenvalue weighted by atomic mass is 15.1. The standard InChI is InChI=1S/C12H24N2/c1-2-11-8-14-12(9-13-11)10-6-4-3-5-7-10/h10-14H,2-9H2,1H3. The Kier molecular flexibility index (Phi) is 3.82. The van der Waals surface area contributed by atoms with E-state index < -0.39 is 0 Å². The van der Waals surface area contributed by atoms with Crippen LogP contribution in [-0.2, 0) is 0 Å². The van der Waals surface area contributed by atoms with Crippen molar-refractivity contribution >= 4 is 0 Å². The molecule has 0 aromatic heterocycles. The Balaban J connectivity index is 1.76. The fourth-order valence-corrected chi connectivity index (χ4v) is 2.89. The van der Waals surface area contributed by atoms with Gasteiger partial charge in [0.25, 0.3) is 0 Å².